The van der Waals surface area contributed by atoms with E-state index in [1.54, 1.807) is 0 Å². The maximum absolute atomic E-state index is 2.26. The van der Waals surface area contributed by atoms with Crippen molar-refractivity contribution in [2.75, 3.05) is 66.9 Å². The molecule has 98 valence electrons. The van der Waals surface area contributed by atoms with Crippen LogP contribution in [-0.2, 0) is 0 Å². The minimum absolute atomic E-state index is 1.09. The summed E-state index contributed by atoms with van der Waals surface area (Å²) in [6, 6.07) is 0. The Hall–Kier alpha value is 0.620. The molecule has 0 saturated carbocycles. The van der Waals surface area contributed by atoms with Gasteiger partial charge in [0.15, 0.2) is 0 Å². The highest BCUT2D eigenvalue weighted by Gasteiger charge is 2.07. The van der Waals surface area contributed by atoms with Gasteiger partial charge in [0, 0.05) is 24.3 Å². The molecule has 0 bridgehead atoms. The quantitative estimate of drug-likeness (QED) is 0.357. The molecule has 0 heterocycles. The van der Waals surface area contributed by atoms with E-state index in [0.717, 1.165) is 8.97 Å². The maximum Gasteiger partial charge on any atom is 0.0788 e. The Kier molecular flexibility index (Phi) is 8.16. The van der Waals surface area contributed by atoms with Crippen LogP contribution < -0.4 is 0 Å². The van der Waals surface area contributed by atoms with Crippen LogP contribution in [0.15, 0.2) is 0 Å². The van der Waals surface area contributed by atoms with Gasteiger partial charge in [-0.3, -0.25) is 0 Å². The molecule has 2 nitrogen and oxygen atoms in total. The summed E-state index contributed by atoms with van der Waals surface area (Å²) in [5.41, 5.74) is 0. The third kappa shape index (κ3) is 14.6. The molecule has 0 radical (unpaired) electrons. The van der Waals surface area contributed by atoms with Crippen molar-refractivity contribution in [3.05, 3.63) is 0 Å². The second-order valence-electron chi connectivity index (χ2n) is 6.38. The molecule has 0 aromatic heterocycles. The average molecular weight is 267 g/mol. The first-order valence-corrected chi connectivity index (χ1v) is 8.55. The fourth-order valence-electron chi connectivity index (χ4n) is 1.31. The van der Waals surface area contributed by atoms with Crippen molar-refractivity contribution in [2.45, 2.75) is 12.8 Å². The van der Waals surface area contributed by atoms with Gasteiger partial charge in [-0.05, 0) is 0 Å². The molecule has 0 rings (SSSR count). The predicted octanol–water partition coefficient (Wildman–Crippen LogP) is 2.56. The van der Waals surface area contributed by atoms with Crippen LogP contribution in [0.1, 0.15) is 12.8 Å². The molecular weight excluding hydrogens is 236 g/mol. The fraction of sp³-hybridized carbons (Fsp3) is 1.00. The number of hydrogen-bond donors (Lipinski definition) is 0. The number of quaternary nitrogens is 2. The Morgan fingerprint density at radius 2 is 0.938 bits per heavy atom. The first-order chi connectivity index (χ1) is 7.21. The highest BCUT2D eigenvalue weighted by atomic mass is 33.1. The molecule has 0 aliphatic rings. The van der Waals surface area contributed by atoms with E-state index in [1.807, 2.05) is 21.6 Å². The van der Waals surface area contributed by atoms with Crippen molar-refractivity contribution in [1.82, 2.24) is 0 Å². The lowest BCUT2D eigenvalue weighted by atomic mass is 10.4. The minimum Gasteiger partial charge on any atom is -0.331 e. The van der Waals surface area contributed by atoms with Crippen molar-refractivity contribution >= 4 is 21.6 Å². The van der Waals surface area contributed by atoms with Gasteiger partial charge < -0.3 is 8.97 Å². The Morgan fingerprint density at radius 3 is 1.19 bits per heavy atom. The SMILES string of the molecule is C[N+](C)(C)CCCSSCCC[N+](C)(C)C. The van der Waals surface area contributed by atoms with Gasteiger partial charge in [0.25, 0.3) is 0 Å². The van der Waals surface area contributed by atoms with Crippen LogP contribution in [0.3, 0.4) is 0 Å². The second-order valence-corrected chi connectivity index (χ2v) is 9.08. The third-order valence-corrected chi connectivity index (χ3v) is 4.77. The third-order valence-electron chi connectivity index (χ3n) is 2.20. The lowest BCUT2D eigenvalue weighted by Gasteiger charge is -2.24. The van der Waals surface area contributed by atoms with Gasteiger partial charge in [0.1, 0.15) is 0 Å². The number of hydrogen-bond acceptors (Lipinski definition) is 2. The molecule has 0 saturated heterocycles. The molecule has 0 spiro atoms. The molecule has 0 atom stereocenters. The van der Waals surface area contributed by atoms with E-state index in [-0.39, 0.29) is 0 Å². The second kappa shape index (κ2) is 7.85. The van der Waals surface area contributed by atoms with Crippen LogP contribution in [0.2, 0.25) is 0 Å². The molecule has 0 aliphatic carbocycles. The zero-order chi connectivity index (χ0) is 12.7. The zero-order valence-corrected chi connectivity index (χ0v) is 13.6. The van der Waals surface area contributed by atoms with Crippen LogP contribution >= 0.6 is 21.6 Å². The van der Waals surface area contributed by atoms with Crippen molar-refractivity contribution < 1.29 is 8.97 Å². The van der Waals surface area contributed by atoms with E-state index < -0.39 is 0 Å². The first-order valence-electron chi connectivity index (χ1n) is 6.06. The Balaban J connectivity index is 3.17. The normalized spacial score (nSPS) is 13.1. The Bertz CT molecular complexity index is 151. The van der Waals surface area contributed by atoms with Gasteiger partial charge in [-0.2, -0.15) is 0 Å². The van der Waals surface area contributed by atoms with E-state index in [9.17, 15) is 0 Å². The highest BCUT2D eigenvalue weighted by molar-refractivity contribution is 8.76. The molecule has 0 aliphatic heterocycles. The highest BCUT2D eigenvalue weighted by Crippen LogP contribution is 2.23. The molecule has 0 aromatic rings. The standard InChI is InChI=1S/C12H30N2S2/c1-13(2,3)9-7-11-15-16-12-8-10-14(4,5)6/h7-12H2,1-6H3/q+2. The summed E-state index contributed by atoms with van der Waals surface area (Å²) in [7, 11) is 17.7. The van der Waals surface area contributed by atoms with Gasteiger partial charge in [-0.1, -0.05) is 21.6 Å². The summed E-state index contributed by atoms with van der Waals surface area (Å²) in [4.78, 5) is 0. The molecule has 0 fully saturated rings. The van der Waals surface area contributed by atoms with E-state index in [1.165, 1.54) is 37.4 Å². The number of rotatable bonds is 9. The van der Waals surface area contributed by atoms with Gasteiger partial charge in [0.05, 0.1) is 55.4 Å². The van der Waals surface area contributed by atoms with Crippen LogP contribution in [-0.4, -0.2) is 75.8 Å². The Labute approximate surface area is 110 Å². The molecule has 0 unspecified atom stereocenters. The maximum atomic E-state index is 2.26. The van der Waals surface area contributed by atoms with Crippen molar-refractivity contribution in [1.29, 1.82) is 0 Å². The topological polar surface area (TPSA) is 0 Å². The van der Waals surface area contributed by atoms with Gasteiger partial charge in [-0.15, -0.1) is 0 Å². The first kappa shape index (κ1) is 16.6. The summed E-state index contributed by atoms with van der Waals surface area (Å²) in [6.07, 6.45) is 2.66. The fourth-order valence-corrected chi connectivity index (χ4v) is 3.46. The monoisotopic (exact) mass is 266 g/mol. The molecule has 0 aromatic carbocycles. The molecule has 16 heavy (non-hydrogen) atoms. The van der Waals surface area contributed by atoms with Gasteiger partial charge >= 0.3 is 0 Å². The molecular formula is C12H30N2S2+2. The van der Waals surface area contributed by atoms with Crippen molar-refractivity contribution in [3.63, 3.8) is 0 Å². The van der Waals surface area contributed by atoms with Crippen LogP contribution in [0.25, 0.3) is 0 Å². The van der Waals surface area contributed by atoms with E-state index in [4.69, 9.17) is 0 Å². The molecule has 4 heteroatoms. The lowest BCUT2D eigenvalue weighted by Crippen LogP contribution is -2.35. The summed E-state index contributed by atoms with van der Waals surface area (Å²) in [5.74, 6) is 2.59. The summed E-state index contributed by atoms with van der Waals surface area (Å²) < 4.78 is 2.18. The predicted molar refractivity (Wildman–Crippen MR) is 79.9 cm³/mol. The van der Waals surface area contributed by atoms with Crippen LogP contribution in [0, 0.1) is 0 Å². The smallest absolute Gasteiger partial charge is 0.0788 e. The summed E-state index contributed by atoms with van der Waals surface area (Å²) in [6.45, 7) is 2.57. The van der Waals surface area contributed by atoms with Crippen molar-refractivity contribution in [3.8, 4) is 0 Å². The lowest BCUT2D eigenvalue weighted by molar-refractivity contribution is -0.870. The van der Waals surface area contributed by atoms with Crippen LogP contribution in [0.4, 0.5) is 0 Å². The zero-order valence-electron chi connectivity index (χ0n) is 12.0. The summed E-state index contributed by atoms with van der Waals surface area (Å²) in [5, 5.41) is 0. The Morgan fingerprint density at radius 1 is 0.625 bits per heavy atom. The van der Waals surface area contributed by atoms with Crippen LogP contribution in [0.5, 0.6) is 0 Å². The largest absolute Gasteiger partial charge is 0.331 e. The summed E-state index contributed by atoms with van der Waals surface area (Å²) >= 11 is 0. The van der Waals surface area contributed by atoms with E-state index in [2.05, 4.69) is 42.3 Å². The van der Waals surface area contributed by atoms with Crippen molar-refractivity contribution in [2.24, 2.45) is 0 Å². The number of nitrogens with zero attached hydrogens (tertiary/aromatic N) is 2. The molecule has 0 N–H and O–H groups in total. The minimum atomic E-state index is 1.09. The van der Waals surface area contributed by atoms with Gasteiger partial charge in [-0.25, -0.2) is 0 Å². The van der Waals surface area contributed by atoms with Gasteiger partial charge in [0.2, 0.25) is 0 Å². The van der Waals surface area contributed by atoms with E-state index in [0.29, 0.717) is 0 Å². The van der Waals surface area contributed by atoms with E-state index >= 15 is 0 Å². The molecule has 0 amide bonds. The average Bonchev–Trinajstić information content (AvgIpc) is 2.06.